The van der Waals surface area contributed by atoms with Crippen molar-refractivity contribution in [2.24, 2.45) is 11.7 Å². The predicted molar refractivity (Wildman–Crippen MR) is 76.4 cm³/mol. The number of aliphatic carboxylic acids is 1. The number of halogens is 1. The van der Waals surface area contributed by atoms with Gasteiger partial charge in [-0.1, -0.05) is 43.5 Å². The highest BCUT2D eigenvalue weighted by atomic mass is 35.5. The Bertz CT molecular complexity index is 467. The summed E-state index contributed by atoms with van der Waals surface area (Å²) in [6.45, 7) is 2.28. The van der Waals surface area contributed by atoms with Crippen LogP contribution in [0.1, 0.15) is 55.7 Å². The van der Waals surface area contributed by atoms with Crippen LogP contribution in [0.2, 0.25) is 5.02 Å². The molecule has 1 aliphatic carbocycles. The van der Waals surface area contributed by atoms with Gasteiger partial charge in [-0.3, -0.25) is 4.79 Å². The van der Waals surface area contributed by atoms with E-state index in [0.717, 1.165) is 24.3 Å². The average Bonchev–Trinajstić information content (AvgIpc) is 2.39. The molecule has 3 nitrogen and oxygen atoms in total. The van der Waals surface area contributed by atoms with Gasteiger partial charge in [0.15, 0.2) is 0 Å². The van der Waals surface area contributed by atoms with Crippen molar-refractivity contribution in [2.45, 2.75) is 44.6 Å². The minimum atomic E-state index is -1.03. The average molecular weight is 282 g/mol. The highest BCUT2D eigenvalue weighted by molar-refractivity contribution is 6.31. The summed E-state index contributed by atoms with van der Waals surface area (Å²) in [5, 5.41) is 9.55. The standard InChI is InChI=1S/C15H20ClNO2/c1-9-2-4-10(5-3-9)12-7-6-11(8-13(12)16)14(17)15(18)19/h6-10,14H,2-5,17H2,1H3,(H,18,19). The zero-order valence-electron chi connectivity index (χ0n) is 11.1. The molecule has 0 amide bonds. The lowest BCUT2D eigenvalue weighted by Gasteiger charge is -2.27. The van der Waals surface area contributed by atoms with Gasteiger partial charge in [-0.2, -0.15) is 0 Å². The molecule has 0 radical (unpaired) electrons. The molecule has 1 unspecified atom stereocenters. The first kappa shape index (κ1) is 14.4. The largest absolute Gasteiger partial charge is 0.480 e. The normalized spacial score (nSPS) is 25.0. The molecule has 104 valence electrons. The summed E-state index contributed by atoms with van der Waals surface area (Å²) in [6.07, 6.45) is 4.78. The van der Waals surface area contributed by atoms with E-state index in [1.807, 2.05) is 6.07 Å². The molecule has 1 fully saturated rings. The first-order chi connectivity index (χ1) is 8.99. The zero-order valence-corrected chi connectivity index (χ0v) is 11.9. The summed E-state index contributed by atoms with van der Waals surface area (Å²) in [6, 6.07) is 4.44. The molecule has 1 aromatic rings. The summed E-state index contributed by atoms with van der Waals surface area (Å²) in [5.41, 5.74) is 7.29. The first-order valence-electron chi connectivity index (χ1n) is 6.76. The van der Waals surface area contributed by atoms with Gasteiger partial charge in [0, 0.05) is 5.02 Å². The van der Waals surface area contributed by atoms with E-state index in [2.05, 4.69) is 6.92 Å². The monoisotopic (exact) mass is 281 g/mol. The van der Waals surface area contributed by atoms with Crippen LogP contribution in [0.4, 0.5) is 0 Å². The van der Waals surface area contributed by atoms with Crippen LogP contribution in [-0.4, -0.2) is 11.1 Å². The van der Waals surface area contributed by atoms with E-state index in [1.165, 1.54) is 12.8 Å². The third-order valence-electron chi connectivity index (χ3n) is 4.11. The van der Waals surface area contributed by atoms with Crippen LogP contribution in [0.5, 0.6) is 0 Å². The Kier molecular flexibility index (Phi) is 4.48. The van der Waals surface area contributed by atoms with Gasteiger partial charge in [0.1, 0.15) is 6.04 Å². The van der Waals surface area contributed by atoms with Crippen molar-refractivity contribution in [1.82, 2.24) is 0 Å². The Morgan fingerprint density at radius 3 is 2.53 bits per heavy atom. The van der Waals surface area contributed by atoms with Crippen molar-refractivity contribution in [3.63, 3.8) is 0 Å². The van der Waals surface area contributed by atoms with E-state index in [9.17, 15) is 4.79 Å². The zero-order chi connectivity index (χ0) is 14.0. The predicted octanol–water partition coefficient (Wildman–Crippen LogP) is 3.72. The number of carboxylic acid groups (broad SMARTS) is 1. The molecule has 0 heterocycles. The number of hydrogen-bond donors (Lipinski definition) is 2. The molecule has 0 spiro atoms. The maximum Gasteiger partial charge on any atom is 0.325 e. The highest BCUT2D eigenvalue weighted by Crippen LogP contribution is 2.38. The van der Waals surface area contributed by atoms with E-state index in [-0.39, 0.29) is 0 Å². The van der Waals surface area contributed by atoms with Gasteiger partial charge >= 0.3 is 5.97 Å². The third kappa shape index (κ3) is 3.28. The number of carboxylic acids is 1. The maximum absolute atomic E-state index is 10.9. The Morgan fingerprint density at radius 2 is 2.00 bits per heavy atom. The molecule has 1 atom stereocenters. The van der Waals surface area contributed by atoms with Crippen molar-refractivity contribution < 1.29 is 9.90 Å². The van der Waals surface area contributed by atoms with Gasteiger partial charge < -0.3 is 10.8 Å². The van der Waals surface area contributed by atoms with Crippen molar-refractivity contribution in [3.8, 4) is 0 Å². The van der Waals surface area contributed by atoms with Gasteiger partial charge in [-0.25, -0.2) is 0 Å². The van der Waals surface area contributed by atoms with Crippen LogP contribution >= 0.6 is 11.6 Å². The lowest BCUT2D eigenvalue weighted by Crippen LogP contribution is -2.20. The lowest BCUT2D eigenvalue weighted by molar-refractivity contribution is -0.138. The van der Waals surface area contributed by atoms with Gasteiger partial charge in [0.05, 0.1) is 0 Å². The molecule has 1 saturated carbocycles. The summed E-state index contributed by atoms with van der Waals surface area (Å²) in [5.74, 6) is 0.267. The molecular weight excluding hydrogens is 262 g/mol. The number of rotatable bonds is 3. The second kappa shape index (κ2) is 5.93. The van der Waals surface area contributed by atoms with E-state index < -0.39 is 12.0 Å². The number of benzene rings is 1. The minimum absolute atomic E-state index is 0.499. The Balaban J connectivity index is 2.17. The smallest absolute Gasteiger partial charge is 0.325 e. The molecule has 3 N–H and O–H groups in total. The topological polar surface area (TPSA) is 63.3 Å². The molecule has 0 aliphatic heterocycles. The number of nitrogens with two attached hydrogens (primary N) is 1. The van der Waals surface area contributed by atoms with Gasteiger partial charge in [0.2, 0.25) is 0 Å². The fraction of sp³-hybridized carbons (Fsp3) is 0.533. The van der Waals surface area contributed by atoms with Gasteiger partial charge in [0.25, 0.3) is 0 Å². The van der Waals surface area contributed by atoms with E-state index in [0.29, 0.717) is 16.5 Å². The first-order valence-corrected chi connectivity index (χ1v) is 7.14. The van der Waals surface area contributed by atoms with Crippen molar-refractivity contribution in [1.29, 1.82) is 0 Å². The Labute approximate surface area is 118 Å². The fourth-order valence-corrected chi connectivity index (χ4v) is 3.12. The van der Waals surface area contributed by atoms with Crippen molar-refractivity contribution >= 4 is 17.6 Å². The molecule has 4 heteroatoms. The molecule has 2 rings (SSSR count). The number of carbonyl (C=O) groups is 1. The lowest BCUT2D eigenvalue weighted by atomic mass is 9.79. The molecule has 1 aliphatic rings. The van der Waals surface area contributed by atoms with E-state index >= 15 is 0 Å². The van der Waals surface area contributed by atoms with E-state index in [4.69, 9.17) is 22.4 Å². The van der Waals surface area contributed by atoms with Crippen molar-refractivity contribution in [3.05, 3.63) is 34.3 Å². The van der Waals surface area contributed by atoms with Gasteiger partial charge in [-0.05, 0) is 41.9 Å². The Hall–Kier alpha value is -1.06. The van der Waals surface area contributed by atoms with Crippen LogP contribution in [0.3, 0.4) is 0 Å². The SMILES string of the molecule is CC1CCC(c2ccc(C(N)C(=O)O)cc2Cl)CC1. The molecule has 0 saturated heterocycles. The maximum atomic E-state index is 10.9. The molecule has 1 aromatic carbocycles. The van der Waals surface area contributed by atoms with Crippen LogP contribution in [-0.2, 0) is 4.79 Å². The molecule has 0 aromatic heterocycles. The summed E-state index contributed by atoms with van der Waals surface area (Å²) < 4.78 is 0. The van der Waals surface area contributed by atoms with E-state index in [1.54, 1.807) is 12.1 Å². The quantitative estimate of drug-likeness (QED) is 0.887. The summed E-state index contributed by atoms with van der Waals surface area (Å²) in [4.78, 5) is 10.9. The number of hydrogen-bond acceptors (Lipinski definition) is 2. The van der Waals surface area contributed by atoms with Crippen LogP contribution in [0.25, 0.3) is 0 Å². The second-order valence-electron chi connectivity index (χ2n) is 5.55. The molecular formula is C15H20ClNO2. The highest BCUT2D eigenvalue weighted by Gasteiger charge is 2.23. The minimum Gasteiger partial charge on any atom is -0.480 e. The second-order valence-corrected chi connectivity index (χ2v) is 5.96. The fourth-order valence-electron chi connectivity index (χ4n) is 2.78. The van der Waals surface area contributed by atoms with Crippen LogP contribution < -0.4 is 5.73 Å². The third-order valence-corrected chi connectivity index (χ3v) is 4.43. The van der Waals surface area contributed by atoms with Crippen molar-refractivity contribution in [2.75, 3.05) is 0 Å². The molecule has 0 bridgehead atoms. The van der Waals surface area contributed by atoms with Crippen LogP contribution in [0, 0.1) is 5.92 Å². The van der Waals surface area contributed by atoms with Gasteiger partial charge in [-0.15, -0.1) is 0 Å². The summed E-state index contributed by atoms with van der Waals surface area (Å²) in [7, 11) is 0. The Morgan fingerprint density at radius 1 is 1.37 bits per heavy atom. The molecule has 19 heavy (non-hydrogen) atoms. The summed E-state index contributed by atoms with van der Waals surface area (Å²) >= 11 is 6.30. The van der Waals surface area contributed by atoms with Crippen LogP contribution in [0.15, 0.2) is 18.2 Å².